The van der Waals surface area contributed by atoms with Crippen molar-refractivity contribution in [3.8, 4) is 0 Å². The van der Waals surface area contributed by atoms with Gasteiger partial charge in [-0.15, -0.1) is 0 Å². The van der Waals surface area contributed by atoms with Crippen LogP contribution in [0.3, 0.4) is 0 Å². The maximum Gasteiger partial charge on any atom is 0.472 e. The Morgan fingerprint density at radius 1 is 1.42 bits per heavy atom. The molecule has 9 heteroatoms. The van der Waals surface area contributed by atoms with Crippen molar-refractivity contribution in [1.29, 1.82) is 0 Å². The molecule has 3 unspecified atom stereocenters. The van der Waals surface area contributed by atoms with E-state index in [9.17, 15) is 14.3 Å². The number of carbonyl (C=O) groups excluding carboxylic acids is 1. The second-order valence-electron chi connectivity index (χ2n) is 6.27. The molecule has 0 aromatic heterocycles. The molecule has 0 saturated carbocycles. The molecule has 0 spiro atoms. The van der Waals surface area contributed by atoms with Gasteiger partial charge in [0.15, 0.2) is 0 Å². The maximum atomic E-state index is 12.1. The van der Waals surface area contributed by atoms with Gasteiger partial charge in [0, 0.05) is 11.9 Å². The summed E-state index contributed by atoms with van der Waals surface area (Å²) < 4.78 is 27.8. The molecule has 0 aliphatic carbocycles. The van der Waals surface area contributed by atoms with Crippen molar-refractivity contribution in [2.24, 2.45) is 0 Å². The molecule has 2 aliphatic rings. The number of allylic oxidation sites excluding steroid dienone is 1. The van der Waals surface area contributed by atoms with Crippen LogP contribution in [0.4, 0.5) is 4.79 Å². The standard InChI is InChI=1S/C15H25N2O6P/c1-9(2)22-24(19,20)23-12(5)13-6-7-14(21-13)17-8-10(3)11(4)16-15(17)18/h8-9,12-14H,4,6-7H2,1-3,5H3,(H,16,18)(H,19,20)/t12-,13?,14?/m0/s1. The van der Waals surface area contributed by atoms with E-state index >= 15 is 0 Å². The smallest absolute Gasteiger partial charge is 0.352 e. The van der Waals surface area contributed by atoms with Crippen LogP contribution in [0.25, 0.3) is 0 Å². The first-order chi connectivity index (χ1) is 11.1. The molecule has 2 amide bonds. The minimum Gasteiger partial charge on any atom is -0.352 e. The molecule has 0 radical (unpaired) electrons. The van der Waals surface area contributed by atoms with Crippen LogP contribution in [0.2, 0.25) is 0 Å². The lowest BCUT2D eigenvalue weighted by molar-refractivity contribution is -0.0638. The molecule has 1 saturated heterocycles. The number of urea groups is 1. The summed E-state index contributed by atoms with van der Waals surface area (Å²) in [6.45, 7) is 10.5. The van der Waals surface area contributed by atoms with Crippen LogP contribution in [0.15, 0.2) is 24.0 Å². The summed E-state index contributed by atoms with van der Waals surface area (Å²) in [5, 5.41) is 2.67. The molecule has 8 nitrogen and oxygen atoms in total. The van der Waals surface area contributed by atoms with Crippen molar-refractivity contribution in [3.05, 3.63) is 24.0 Å². The van der Waals surface area contributed by atoms with Crippen LogP contribution in [0.5, 0.6) is 0 Å². The van der Waals surface area contributed by atoms with Crippen molar-refractivity contribution in [2.75, 3.05) is 0 Å². The van der Waals surface area contributed by atoms with Crippen LogP contribution < -0.4 is 5.32 Å². The number of phosphoric acid groups is 1. The van der Waals surface area contributed by atoms with Gasteiger partial charge >= 0.3 is 13.9 Å². The highest BCUT2D eigenvalue weighted by atomic mass is 31.2. The number of phosphoric ester groups is 1. The third kappa shape index (κ3) is 4.68. The summed E-state index contributed by atoms with van der Waals surface area (Å²) in [4.78, 5) is 23.2. The quantitative estimate of drug-likeness (QED) is 0.707. The molecule has 0 aromatic rings. The summed E-state index contributed by atoms with van der Waals surface area (Å²) in [6, 6.07) is -0.305. The number of hydrogen-bond donors (Lipinski definition) is 2. The highest BCUT2D eigenvalue weighted by Crippen LogP contribution is 2.47. The minimum absolute atomic E-state index is 0.305. The van der Waals surface area contributed by atoms with Crippen molar-refractivity contribution in [1.82, 2.24) is 10.2 Å². The molecule has 2 rings (SSSR count). The number of amides is 2. The summed E-state index contributed by atoms with van der Waals surface area (Å²) in [7, 11) is -4.14. The van der Waals surface area contributed by atoms with Crippen LogP contribution in [0.1, 0.15) is 40.5 Å². The number of hydrogen-bond acceptors (Lipinski definition) is 5. The average molecular weight is 360 g/mol. The fourth-order valence-electron chi connectivity index (χ4n) is 2.62. The van der Waals surface area contributed by atoms with E-state index in [2.05, 4.69) is 11.9 Å². The molecule has 4 atom stereocenters. The number of ether oxygens (including phenoxy) is 1. The first-order valence-corrected chi connectivity index (χ1v) is 9.40. The van der Waals surface area contributed by atoms with Gasteiger partial charge < -0.3 is 14.9 Å². The average Bonchev–Trinajstić information content (AvgIpc) is 2.90. The van der Waals surface area contributed by atoms with Gasteiger partial charge in [0.1, 0.15) is 6.23 Å². The number of rotatable bonds is 6. The van der Waals surface area contributed by atoms with Crippen molar-refractivity contribution >= 4 is 13.9 Å². The Morgan fingerprint density at radius 3 is 2.71 bits per heavy atom. The van der Waals surface area contributed by atoms with E-state index in [4.69, 9.17) is 13.8 Å². The normalized spacial score (nSPS) is 28.6. The molecule has 0 aromatic carbocycles. The zero-order valence-electron chi connectivity index (χ0n) is 14.4. The van der Waals surface area contributed by atoms with Gasteiger partial charge in [0.2, 0.25) is 0 Å². The summed E-state index contributed by atoms with van der Waals surface area (Å²) in [6.07, 6.45) is 0.971. The monoisotopic (exact) mass is 360 g/mol. The second-order valence-corrected chi connectivity index (χ2v) is 7.63. The van der Waals surface area contributed by atoms with Gasteiger partial charge in [-0.2, -0.15) is 0 Å². The first kappa shape index (κ1) is 19.1. The van der Waals surface area contributed by atoms with Gasteiger partial charge in [-0.05, 0) is 46.1 Å². The Balaban J connectivity index is 1.96. The number of nitrogens with one attached hydrogen (secondary N) is 1. The third-order valence-corrected chi connectivity index (χ3v) is 5.10. The summed E-state index contributed by atoms with van der Waals surface area (Å²) in [5.74, 6) is 0. The number of carbonyl (C=O) groups is 1. The van der Waals surface area contributed by atoms with E-state index < -0.39 is 32.4 Å². The fraction of sp³-hybridized carbons (Fsp3) is 0.667. The zero-order chi connectivity index (χ0) is 18.1. The molecular formula is C15H25N2O6P. The van der Waals surface area contributed by atoms with Crippen molar-refractivity contribution < 1.29 is 28.0 Å². The van der Waals surface area contributed by atoms with E-state index in [1.807, 2.05) is 6.92 Å². The largest absolute Gasteiger partial charge is 0.472 e. The third-order valence-electron chi connectivity index (χ3n) is 3.81. The molecule has 1 fully saturated rings. The predicted molar refractivity (Wildman–Crippen MR) is 87.8 cm³/mol. The first-order valence-electron chi connectivity index (χ1n) is 7.91. The molecule has 2 heterocycles. The Labute approximate surface area is 142 Å². The van der Waals surface area contributed by atoms with Crippen LogP contribution in [-0.4, -0.2) is 40.4 Å². The van der Waals surface area contributed by atoms with Gasteiger partial charge in [-0.1, -0.05) is 6.58 Å². The Hall–Kier alpha value is -1.18. The molecule has 0 bridgehead atoms. The van der Waals surface area contributed by atoms with Gasteiger partial charge in [0.25, 0.3) is 0 Å². The lowest BCUT2D eigenvalue weighted by Gasteiger charge is -2.31. The van der Waals surface area contributed by atoms with Crippen LogP contribution >= 0.6 is 7.82 Å². The molecule has 2 aliphatic heterocycles. The van der Waals surface area contributed by atoms with Crippen molar-refractivity contribution in [3.63, 3.8) is 0 Å². The molecule has 136 valence electrons. The molecular weight excluding hydrogens is 335 g/mol. The van der Waals surface area contributed by atoms with Crippen LogP contribution in [0, 0.1) is 0 Å². The van der Waals surface area contributed by atoms with E-state index in [0.29, 0.717) is 18.5 Å². The van der Waals surface area contributed by atoms with Gasteiger partial charge in [-0.3, -0.25) is 13.9 Å². The lowest BCUT2D eigenvalue weighted by atomic mass is 10.1. The van der Waals surface area contributed by atoms with Crippen LogP contribution in [-0.2, 0) is 18.3 Å². The fourth-order valence-corrected chi connectivity index (χ4v) is 3.75. The van der Waals surface area contributed by atoms with Gasteiger partial charge in [0.05, 0.1) is 18.3 Å². The topological polar surface area (TPSA) is 97.3 Å². The summed E-state index contributed by atoms with van der Waals surface area (Å²) >= 11 is 0. The second kappa shape index (κ2) is 7.37. The van der Waals surface area contributed by atoms with Gasteiger partial charge in [-0.25, -0.2) is 9.36 Å². The van der Waals surface area contributed by atoms with Crippen molar-refractivity contribution in [2.45, 2.75) is 65.1 Å². The predicted octanol–water partition coefficient (Wildman–Crippen LogP) is 2.86. The number of nitrogens with zero attached hydrogens (tertiary/aromatic N) is 1. The Bertz CT molecular complexity index is 591. The van der Waals surface area contributed by atoms with E-state index in [1.165, 1.54) is 4.90 Å². The van der Waals surface area contributed by atoms with E-state index in [-0.39, 0.29) is 6.03 Å². The molecule has 24 heavy (non-hydrogen) atoms. The maximum absolute atomic E-state index is 12.1. The Kier molecular flexibility index (Phi) is 5.88. The minimum atomic E-state index is -4.14. The molecule has 2 N–H and O–H groups in total. The Morgan fingerprint density at radius 2 is 2.08 bits per heavy atom. The van der Waals surface area contributed by atoms with E-state index in [1.54, 1.807) is 27.0 Å². The zero-order valence-corrected chi connectivity index (χ0v) is 15.3. The SMILES string of the molecule is C=C1NC(=O)N(C2CCC([C@H](C)OP(=O)(O)OC(C)C)O2)C=C1C. The summed E-state index contributed by atoms with van der Waals surface area (Å²) in [5.41, 5.74) is 1.41. The highest BCUT2D eigenvalue weighted by Gasteiger charge is 2.39. The lowest BCUT2D eigenvalue weighted by Crippen LogP contribution is -2.46. The van der Waals surface area contributed by atoms with E-state index in [0.717, 1.165) is 5.57 Å². The highest BCUT2D eigenvalue weighted by molar-refractivity contribution is 7.47.